The highest BCUT2D eigenvalue weighted by Crippen LogP contribution is 1.94. The van der Waals surface area contributed by atoms with Crippen molar-refractivity contribution >= 4 is 6.21 Å². The molecule has 0 amide bonds. The summed E-state index contributed by atoms with van der Waals surface area (Å²) >= 11 is 0. The molecular weight excluding hydrogens is 134 g/mol. The summed E-state index contributed by atoms with van der Waals surface area (Å²) in [6.07, 6.45) is 5.12. The first-order valence-electron chi connectivity index (χ1n) is 4.50. The van der Waals surface area contributed by atoms with E-state index in [0.29, 0.717) is 0 Å². The van der Waals surface area contributed by atoms with Crippen LogP contribution in [0.5, 0.6) is 0 Å². The third-order valence-corrected chi connectivity index (χ3v) is 1.22. The smallest absolute Gasteiger partial charge is 0.0361 e. The van der Waals surface area contributed by atoms with Crippen molar-refractivity contribution in [3.05, 3.63) is 11.6 Å². The first-order chi connectivity index (χ1) is 5.35. The van der Waals surface area contributed by atoms with E-state index in [1.807, 2.05) is 33.9 Å². The van der Waals surface area contributed by atoms with E-state index in [0.717, 1.165) is 13.0 Å². The Hall–Kier alpha value is -0.590. The third kappa shape index (κ3) is 9.41. The molecule has 0 saturated carbocycles. The number of aliphatic imine (C=N–C) groups is 1. The summed E-state index contributed by atoms with van der Waals surface area (Å²) < 4.78 is 0. The van der Waals surface area contributed by atoms with Crippen molar-refractivity contribution in [2.45, 2.75) is 41.0 Å². The van der Waals surface area contributed by atoms with E-state index in [1.54, 1.807) is 0 Å². The number of nitrogens with zero attached hydrogens (tertiary/aromatic N) is 1. The fourth-order valence-corrected chi connectivity index (χ4v) is 0.578. The summed E-state index contributed by atoms with van der Waals surface area (Å²) in [6.45, 7) is 11.1. The standard InChI is InChI=1S/C8H15N.C2H6/c1-4-8(5-2)7-9-6-3;1-2/h4,7H,5-6H2,1-3H3;1-2H3/b8-4-,9-7?;. The number of allylic oxidation sites excluding steroid dienone is 2. The average molecular weight is 155 g/mol. The van der Waals surface area contributed by atoms with Gasteiger partial charge in [-0.2, -0.15) is 0 Å². The molecular formula is C10H21N. The predicted molar refractivity (Wildman–Crippen MR) is 54.4 cm³/mol. The molecule has 0 N–H and O–H groups in total. The van der Waals surface area contributed by atoms with Crippen LogP contribution in [0.25, 0.3) is 0 Å². The van der Waals surface area contributed by atoms with Gasteiger partial charge in [0.15, 0.2) is 0 Å². The van der Waals surface area contributed by atoms with Crippen molar-refractivity contribution < 1.29 is 0 Å². The van der Waals surface area contributed by atoms with Gasteiger partial charge in [-0.25, -0.2) is 0 Å². The molecule has 1 heteroatoms. The van der Waals surface area contributed by atoms with Gasteiger partial charge in [0.1, 0.15) is 0 Å². The van der Waals surface area contributed by atoms with Gasteiger partial charge in [-0.1, -0.05) is 26.8 Å². The van der Waals surface area contributed by atoms with E-state index in [-0.39, 0.29) is 0 Å². The van der Waals surface area contributed by atoms with Gasteiger partial charge in [-0.3, -0.25) is 4.99 Å². The third-order valence-electron chi connectivity index (χ3n) is 1.22. The van der Waals surface area contributed by atoms with Crippen LogP contribution in [0.1, 0.15) is 41.0 Å². The summed E-state index contributed by atoms with van der Waals surface area (Å²) in [5.41, 5.74) is 1.32. The molecule has 0 heterocycles. The Bertz CT molecular complexity index is 112. The van der Waals surface area contributed by atoms with E-state index >= 15 is 0 Å². The van der Waals surface area contributed by atoms with E-state index in [2.05, 4.69) is 18.0 Å². The minimum atomic E-state index is 0.886. The van der Waals surface area contributed by atoms with Crippen molar-refractivity contribution in [2.24, 2.45) is 4.99 Å². The van der Waals surface area contributed by atoms with Gasteiger partial charge in [-0.15, -0.1) is 0 Å². The summed E-state index contributed by atoms with van der Waals surface area (Å²) in [6, 6.07) is 0. The first-order valence-corrected chi connectivity index (χ1v) is 4.50. The maximum absolute atomic E-state index is 4.12. The molecule has 0 aromatic rings. The molecule has 0 fully saturated rings. The van der Waals surface area contributed by atoms with Gasteiger partial charge in [0.2, 0.25) is 0 Å². The summed E-state index contributed by atoms with van der Waals surface area (Å²) in [5.74, 6) is 0. The highest BCUT2D eigenvalue weighted by Gasteiger charge is 1.82. The van der Waals surface area contributed by atoms with E-state index in [1.165, 1.54) is 5.57 Å². The van der Waals surface area contributed by atoms with Crippen LogP contribution >= 0.6 is 0 Å². The lowest BCUT2D eigenvalue weighted by Crippen LogP contribution is -1.81. The largest absolute Gasteiger partial charge is 0.293 e. The molecule has 0 unspecified atom stereocenters. The molecule has 0 aliphatic carbocycles. The van der Waals surface area contributed by atoms with Crippen LogP contribution in [0.3, 0.4) is 0 Å². The van der Waals surface area contributed by atoms with E-state index < -0.39 is 0 Å². The Labute approximate surface area is 71.2 Å². The Kier molecular flexibility index (Phi) is 14.4. The molecule has 0 spiro atoms. The summed E-state index contributed by atoms with van der Waals surface area (Å²) in [4.78, 5) is 4.12. The Morgan fingerprint density at radius 2 is 1.82 bits per heavy atom. The molecule has 0 bridgehead atoms. The minimum absolute atomic E-state index is 0.886. The zero-order valence-corrected chi connectivity index (χ0v) is 8.52. The number of rotatable bonds is 3. The van der Waals surface area contributed by atoms with Crippen LogP contribution in [0, 0.1) is 0 Å². The second kappa shape index (κ2) is 12.1. The predicted octanol–water partition coefficient (Wildman–Crippen LogP) is 3.46. The first kappa shape index (κ1) is 13.0. The van der Waals surface area contributed by atoms with E-state index in [9.17, 15) is 0 Å². The molecule has 0 saturated heterocycles. The minimum Gasteiger partial charge on any atom is -0.293 e. The maximum Gasteiger partial charge on any atom is 0.0361 e. The van der Waals surface area contributed by atoms with Crippen molar-refractivity contribution in [3.63, 3.8) is 0 Å². The normalized spacial score (nSPS) is 11.2. The number of hydrogen-bond acceptors (Lipinski definition) is 1. The van der Waals surface area contributed by atoms with Gasteiger partial charge in [0.05, 0.1) is 0 Å². The van der Waals surface area contributed by atoms with Crippen molar-refractivity contribution in [2.75, 3.05) is 6.54 Å². The molecule has 0 aromatic heterocycles. The van der Waals surface area contributed by atoms with Crippen molar-refractivity contribution in [1.29, 1.82) is 0 Å². The Morgan fingerprint density at radius 3 is 2.09 bits per heavy atom. The van der Waals surface area contributed by atoms with Crippen LogP contribution in [-0.2, 0) is 0 Å². The molecule has 0 aliphatic heterocycles. The fraction of sp³-hybridized carbons (Fsp3) is 0.700. The molecule has 11 heavy (non-hydrogen) atoms. The van der Waals surface area contributed by atoms with E-state index in [4.69, 9.17) is 0 Å². The Morgan fingerprint density at radius 1 is 1.27 bits per heavy atom. The summed E-state index contributed by atoms with van der Waals surface area (Å²) in [7, 11) is 0. The number of hydrogen-bond donors (Lipinski definition) is 0. The Balaban J connectivity index is 0. The average Bonchev–Trinajstić information content (AvgIpc) is 2.10. The van der Waals surface area contributed by atoms with Gasteiger partial charge in [0, 0.05) is 12.8 Å². The lowest BCUT2D eigenvalue weighted by atomic mass is 10.2. The molecule has 0 aliphatic rings. The van der Waals surface area contributed by atoms with Crippen molar-refractivity contribution in [3.8, 4) is 0 Å². The zero-order chi connectivity index (χ0) is 9.11. The molecule has 66 valence electrons. The quantitative estimate of drug-likeness (QED) is 0.553. The molecule has 0 atom stereocenters. The highest BCUT2D eigenvalue weighted by atomic mass is 14.7. The van der Waals surface area contributed by atoms with Crippen molar-refractivity contribution in [1.82, 2.24) is 0 Å². The maximum atomic E-state index is 4.12. The molecule has 0 rings (SSSR count). The molecule has 0 radical (unpaired) electrons. The second-order valence-corrected chi connectivity index (χ2v) is 1.85. The fourth-order valence-electron chi connectivity index (χ4n) is 0.578. The van der Waals surface area contributed by atoms with Crippen LogP contribution in [0.15, 0.2) is 16.6 Å². The van der Waals surface area contributed by atoms with Crippen LogP contribution in [0.2, 0.25) is 0 Å². The second-order valence-electron chi connectivity index (χ2n) is 1.85. The lowest BCUT2D eigenvalue weighted by molar-refractivity contribution is 1.12. The topological polar surface area (TPSA) is 12.4 Å². The zero-order valence-electron chi connectivity index (χ0n) is 8.52. The van der Waals surface area contributed by atoms with Gasteiger partial charge >= 0.3 is 0 Å². The van der Waals surface area contributed by atoms with Crippen LogP contribution in [0.4, 0.5) is 0 Å². The van der Waals surface area contributed by atoms with Gasteiger partial charge in [0.25, 0.3) is 0 Å². The van der Waals surface area contributed by atoms with Gasteiger partial charge in [-0.05, 0) is 25.8 Å². The SMILES string of the molecule is C/C=C(\C=NCC)CC.CC. The highest BCUT2D eigenvalue weighted by molar-refractivity contribution is 5.78. The van der Waals surface area contributed by atoms with Gasteiger partial charge < -0.3 is 0 Å². The van der Waals surface area contributed by atoms with Crippen LogP contribution < -0.4 is 0 Å². The molecule has 0 aromatic carbocycles. The molecule has 1 nitrogen and oxygen atoms in total. The van der Waals surface area contributed by atoms with Crippen LogP contribution in [-0.4, -0.2) is 12.8 Å². The monoisotopic (exact) mass is 155 g/mol. The summed E-state index contributed by atoms with van der Waals surface area (Å²) in [5, 5.41) is 0. The lowest BCUT2D eigenvalue weighted by Gasteiger charge is -1.90.